The summed E-state index contributed by atoms with van der Waals surface area (Å²) in [6.07, 6.45) is 6.53. The molecule has 1 aromatic carbocycles. The lowest BCUT2D eigenvalue weighted by Crippen LogP contribution is -2.63. The standard InChI is InChI=1S/C32H44N6O7/c1-20(2)16-25-32(44)38-15-9-8-13-27(38)31(43)33-23(11-4-3-5-14-28(40)36-45)29(41)34-24(30(42)35-25)17-21-18-37(19-39)26-12-7-6-10-22(21)26/h6-7,10,12,18-20,23-25,27,45H,3-5,8-9,11,13-17H2,1-2H3,(H,33,43)(H,34,41)(H,35,42)(H,36,40)/t23-,24-,25-,27+/m0/s1. The predicted octanol–water partition coefficient (Wildman–Crippen LogP) is 1.57. The molecule has 1 aromatic heterocycles. The van der Waals surface area contributed by atoms with Crippen LogP contribution >= 0.6 is 0 Å². The van der Waals surface area contributed by atoms with Crippen molar-refractivity contribution in [2.75, 3.05) is 6.54 Å². The summed E-state index contributed by atoms with van der Waals surface area (Å²) in [5, 5.41) is 18.1. The van der Waals surface area contributed by atoms with Crippen LogP contribution in [0.4, 0.5) is 0 Å². The maximum absolute atomic E-state index is 13.9. The van der Waals surface area contributed by atoms with Crippen molar-refractivity contribution in [1.82, 2.24) is 30.9 Å². The number of rotatable bonds is 11. The highest BCUT2D eigenvalue weighted by Crippen LogP contribution is 2.24. The first-order valence-corrected chi connectivity index (χ1v) is 15.8. The summed E-state index contributed by atoms with van der Waals surface area (Å²) >= 11 is 0. The second-order valence-electron chi connectivity index (χ2n) is 12.4. The van der Waals surface area contributed by atoms with E-state index in [-0.39, 0.29) is 31.1 Å². The van der Waals surface area contributed by atoms with Gasteiger partial charge in [0.15, 0.2) is 0 Å². The summed E-state index contributed by atoms with van der Waals surface area (Å²) in [4.78, 5) is 80.0. The van der Waals surface area contributed by atoms with Crippen LogP contribution < -0.4 is 21.4 Å². The molecule has 0 bridgehead atoms. The first-order valence-electron chi connectivity index (χ1n) is 15.8. The number of hydrogen-bond donors (Lipinski definition) is 5. The molecule has 2 saturated heterocycles. The van der Waals surface area contributed by atoms with Crippen LogP contribution in [0.5, 0.6) is 0 Å². The zero-order valence-electron chi connectivity index (χ0n) is 25.9. The lowest BCUT2D eigenvalue weighted by atomic mass is 9.95. The number of carbonyl (C=O) groups is 6. The number of hydroxylamine groups is 1. The van der Waals surface area contributed by atoms with Crippen LogP contribution in [-0.4, -0.2) is 81.3 Å². The molecule has 5 amide bonds. The molecule has 0 spiro atoms. The fourth-order valence-corrected chi connectivity index (χ4v) is 6.27. The smallest absolute Gasteiger partial charge is 0.245 e. The Morgan fingerprint density at radius 1 is 0.978 bits per heavy atom. The van der Waals surface area contributed by atoms with Gasteiger partial charge in [-0.1, -0.05) is 44.9 Å². The van der Waals surface area contributed by atoms with Gasteiger partial charge in [0.1, 0.15) is 24.2 Å². The number of fused-ring (bicyclic) bond motifs is 2. The van der Waals surface area contributed by atoms with Gasteiger partial charge in [-0.15, -0.1) is 0 Å². The maximum atomic E-state index is 13.9. The molecule has 0 aliphatic carbocycles. The molecule has 13 nitrogen and oxygen atoms in total. The number of para-hydroxylation sites is 1. The van der Waals surface area contributed by atoms with Gasteiger partial charge in [0, 0.05) is 31.0 Å². The van der Waals surface area contributed by atoms with Crippen molar-refractivity contribution in [3.63, 3.8) is 0 Å². The average Bonchev–Trinajstić information content (AvgIpc) is 3.39. The number of nitrogens with one attached hydrogen (secondary N) is 4. The van der Waals surface area contributed by atoms with E-state index >= 15 is 0 Å². The van der Waals surface area contributed by atoms with E-state index in [1.807, 2.05) is 26.0 Å². The van der Waals surface area contributed by atoms with Gasteiger partial charge in [-0.25, -0.2) is 5.48 Å². The zero-order valence-corrected chi connectivity index (χ0v) is 25.9. The van der Waals surface area contributed by atoms with E-state index in [0.717, 1.165) is 18.2 Å². The molecule has 0 radical (unpaired) electrons. The van der Waals surface area contributed by atoms with Gasteiger partial charge in [-0.2, -0.15) is 0 Å². The first-order chi connectivity index (χ1) is 21.6. The Bertz CT molecular complexity index is 1410. The van der Waals surface area contributed by atoms with E-state index in [1.165, 1.54) is 4.57 Å². The topological polar surface area (TPSA) is 179 Å². The number of piperidine rings is 1. The second kappa shape index (κ2) is 15.6. The van der Waals surface area contributed by atoms with Crippen LogP contribution in [0.3, 0.4) is 0 Å². The van der Waals surface area contributed by atoms with E-state index in [2.05, 4.69) is 16.0 Å². The molecule has 244 valence electrons. The van der Waals surface area contributed by atoms with Crippen molar-refractivity contribution < 1.29 is 34.0 Å². The Balaban J connectivity index is 1.66. The first kappa shape index (κ1) is 33.6. The average molecular weight is 625 g/mol. The van der Waals surface area contributed by atoms with E-state index < -0.39 is 47.8 Å². The Labute approximate surface area is 262 Å². The molecule has 0 unspecified atom stereocenters. The normalized spacial score (nSPS) is 23.0. The molecule has 2 fully saturated rings. The molecule has 13 heteroatoms. The minimum Gasteiger partial charge on any atom is -0.343 e. The largest absolute Gasteiger partial charge is 0.343 e. The third-order valence-electron chi connectivity index (χ3n) is 8.56. The Morgan fingerprint density at radius 2 is 1.69 bits per heavy atom. The number of nitrogens with zero attached hydrogens (tertiary/aromatic N) is 2. The zero-order chi connectivity index (χ0) is 32.5. The Kier molecular flexibility index (Phi) is 11.7. The molecule has 5 N–H and O–H groups in total. The fourth-order valence-electron chi connectivity index (χ4n) is 6.27. The van der Waals surface area contributed by atoms with Crippen LogP contribution in [0.2, 0.25) is 0 Å². The van der Waals surface area contributed by atoms with Crippen molar-refractivity contribution in [3.05, 3.63) is 36.0 Å². The fraction of sp³-hybridized carbons (Fsp3) is 0.562. The van der Waals surface area contributed by atoms with Crippen LogP contribution in [0, 0.1) is 5.92 Å². The number of aromatic nitrogens is 1. The molecule has 45 heavy (non-hydrogen) atoms. The summed E-state index contributed by atoms with van der Waals surface area (Å²) in [5.74, 6) is -2.24. The third-order valence-corrected chi connectivity index (χ3v) is 8.56. The van der Waals surface area contributed by atoms with Crippen LogP contribution in [0.15, 0.2) is 30.5 Å². The van der Waals surface area contributed by atoms with Crippen molar-refractivity contribution in [2.24, 2.45) is 5.92 Å². The molecule has 2 aliphatic heterocycles. The number of hydrogen-bond acceptors (Lipinski definition) is 7. The summed E-state index contributed by atoms with van der Waals surface area (Å²) in [6, 6.07) is 3.52. The number of carbonyl (C=O) groups excluding carboxylic acids is 6. The summed E-state index contributed by atoms with van der Waals surface area (Å²) in [5.41, 5.74) is 2.92. The minimum absolute atomic E-state index is 0.0464. The summed E-state index contributed by atoms with van der Waals surface area (Å²) in [6.45, 7) is 4.27. The van der Waals surface area contributed by atoms with Crippen molar-refractivity contribution in [1.29, 1.82) is 0 Å². The molecule has 3 heterocycles. The molecule has 2 aliphatic rings. The minimum atomic E-state index is -1.10. The molecular weight excluding hydrogens is 580 g/mol. The van der Waals surface area contributed by atoms with Gasteiger partial charge >= 0.3 is 0 Å². The van der Waals surface area contributed by atoms with Gasteiger partial charge in [0.05, 0.1) is 5.52 Å². The van der Waals surface area contributed by atoms with E-state index in [1.54, 1.807) is 28.7 Å². The van der Waals surface area contributed by atoms with Crippen LogP contribution in [0.25, 0.3) is 10.9 Å². The molecular formula is C32H44N6O7. The highest BCUT2D eigenvalue weighted by molar-refractivity contribution is 5.98. The lowest BCUT2D eigenvalue weighted by Gasteiger charge is -2.39. The number of benzene rings is 1. The van der Waals surface area contributed by atoms with Crippen molar-refractivity contribution in [2.45, 2.75) is 102 Å². The highest BCUT2D eigenvalue weighted by atomic mass is 16.5. The third kappa shape index (κ3) is 8.47. The highest BCUT2D eigenvalue weighted by Gasteiger charge is 2.39. The van der Waals surface area contributed by atoms with Gasteiger partial charge in [0.25, 0.3) is 0 Å². The van der Waals surface area contributed by atoms with E-state index in [9.17, 15) is 28.8 Å². The lowest BCUT2D eigenvalue weighted by molar-refractivity contribution is -0.147. The van der Waals surface area contributed by atoms with Crippen LogP contribution in [-0.2, 0) is 35.2 Å². The van der Waals surface area contributed by atoms with Crippen molar-refractivity contribution >= 4 is 46.8 Å². The van der Waals surface area contributed by atoms with Crippen molar-refractivity contribution in [3.8, 4) is 0 Å². The molecule has 2 aromatic rings. The van der Waals surface area contributed by atoms with Crippen LogP contribution in [0.1, 0.15) is 77.2 Å². The monoisotopic (exact) mass is 624 g/mol. The predicted molar refractivity (Wildman–Crippen MR) is 165 cm³/mol. The molecule has 4 atom stereocenters. The molecule has 0 saturated carbocycles. The Morgan fingerprint density at radius 3 is 2.42 bits per heavy atom. The van der Waals surface area contributed by atoms with Gasteiger partial charge in [0.2, 0.25) is 35.9 Å². The van der Waals surface area contributed by atoms with Gasteiger partial charge < -0.3 is 20.9 Å². The van der Waals surface area contributed by atoms with E-state index in [0.29, 0.717) is 56.1 Å². The number of amides is 5. The molecule has 4 rings (SSSR count). The van der Waals surface area contributed by atoms with Gasteiger partial charge in [-0.3, -0.25) is 38.5 Å². The quantitative estimate of drug-likeness (QED) is 0.109. The van der Waals surface area contributed by atoms with E-state index in [4.69, 9.17) is 5.21 Å². The summed E-state index contributed by atoms with van der Waals surface area (Å²) in [7, 11) is 0. The second-order valence-corrected chi connectivity index (χ2v) is 12.4. The SMILES string of the molecule is CC(C)C[C@@H]1NC(=O)[C@H](Cc2cn(C=O)c3ccccc23)NC(=O)[C@H](CCCCCC(=O)NO)NC(=O)[C@H]2CCCCN2C1=O. The van der Waals surface area contributed by atoms with Gasteiger partial charge in [-0.05, 0) is 56.1 Å². The number of unbranched alkanes of at least 4 members (excludes halogenated alkanes) is 2. The maximum Gasteiger partial charge on any atom is 0.245 e. The summed E-state index contributed by atoms with van der Waals surface area (Å²) < 4.78 is 1.42. The Hall–Kier alpha value is -4.26.